The summed E-state index contributed by atoms with van der Waals surface area (Å²) in [7, 11) is 1.39. The first-order valence-corrected chi connectivity index (χ1v) is 3.43. The fourth-order valence-corrected chi connectivity index (χ4v) is 0.558. The molecule has 2 nitrogen and oxygen atoms in total. The van der Waals surface area contributed by atoms with E-state index in [1.165, 1.54) is 7.11 Å². The highest BCUT2D eigenvalue weighted by Crippen LogP contribution is 2.02. The average molecular weight is 148 g/mol. The van der Waals surface area contributed by atoms with Crippen molar-refractivity contribution < 1.29 is 9.53 Å². The molecule has 0 spiro atoms. The van der Waals surface area contributed by atoms with Gasteiger partial charge in [-0.15, -0.1) is 0 Å². The number of methoxy groups -OCH3 is 1. The molecule has 0 aromatic carbocycles. The maximum Gasteiger partial charge on any atom is 0.305 e. The molecule has 0 radical (unpaired) electrons. The predicted molar refractivity (Wildman–Crippen MR) is 39.7 cm³/mol. The van der Waals surface area contributed by atoms with Gasteiger partial charge in [-0.25, -0.2) is 0 Å². The van der Waals surface area contributed by atoms with Crippen molar-refractivity contribution in [3.8, 4) is 0 Å². The van der Waals surface area contributed by atoms with Crippen LogP contribution in [0, 0.1) is 0 Å². The predicted octanol–water partition coefficient (Wildman–Crippen LogP) is 1.26. The Bertz CT molecular complexity index is 91.1. The van der Waals surface area contributed by atoms with Crippen LogP contribution in [0.3, 0.4) is 0 Å². The summed E-state index contributed by atoms with van der Waals surface area (Å²) in [6, 6.07) is 0. The molecule has 0 fully saturated rings. The lowest BCUT2D eigenvalue weighted by Gasteiger charge is -2.00. The van der Waals surface area contributed by atoms with Crippen molar-refractivity contribution in [3.05, 3.63) is 0 Å². The van der Waals surface area contributed by atoms with Gasteiger partial charge < -0.3 is 4.74 Å². The zero-order chi connectivity index (χ0) is 7.28. The van der Waals surface area contributed by atoms with Crippen LogP contribution in [0.15, 0.2) is 0 Å². The molecule has 0 rings (SSSR count). The second-order valence-corrected chi connectivity index (χ2v) is 2.85. The molecule has 0 aliphatic carbocycles. The molecule has 1 unspecified atom stereocenters. The van der Waals surface area contributed by atoms with Gasteiger partial charge in [-0.05, 0) is 11.7 Å². The third-order valence-corrected chi connectivity index (χ3v) is 1.25. The molecule has 0 amide bonds. The molecule has 0 aliphatic rings. The maximum absolute atomic E-state index is 10.5. The van der Waals surface area contributed by atoms with Crippen LogP contribution in [0.2, 0.25) is 0 Å². The highest BCUT2D eigenvalue weighted by molar-refractivity contribution is 7.80. The zero-order valence-electron chi connectivity index (χ0n) is 5.76. The summed E-state index contributed by atoms with van der Waals surface area (Å²) < 4.78 is 4.43. The van der Waals surface area contributed by atoms with E-state index in [-0.39, 0.29) is 11.2 Å². The molecule has 0 aromatic rings. The van der Waals surface area contributed by atoms with Crippen molar-refractivity contribution >= 4 is 18.6 Å². The maximum atomic E-state index is 10.5. The second kappa shape index (κ2) is 4.68. The van der Waals surface area contributed by atoms with Gasteiger partial charge in [-0.2, -0.15) is 12.6 Å². The Morgan fingerprint density at radius 1 is 1.78 bits per heavy atom. The first-order chi connectivity index (χ1) is 4.16. The molecular formula is C6H12O2S. The zero-order valence-corrected chi connectivity index (χ0v) is 6.65. The van der Waals surface area contributed by atoms with E-state index in [4.69, 9.17) is 0 Å². The molecule has 1 atom stereocenters. The van der Waals surface area contributed by atoms with Crippen LogP contribution in [0.5, 0.6) is 0 Å². The Morgan fingerprint density at radius 3 is 2.67 bits per heavy atom. The van der Waals surface area contributed by atoms with Gasteiger partial charge in [-0.1, -0.05) is 6.92 Å². The van der Waals surface area contributed by atoms with Gasteiger partial charge >= 0.3 is 5.97 Å². The highest BCUT2D eigenvalue weighted by Gasteiger charge is 2.01. The van der Waals surface area contributed by atoms with Crippen LogP contribution in [0.25, 0.3) is 0 Å². The van der Waals surface area contributed by atoms with Crippen LogP contribution >= 0.6 is 12.6 Å². The van der Waals surface area contributed by atoms with Crippen LogP contribution in [-0.2, 0) is 9.53 Å². The molecule has 0 aliphatic heterocycles. The van der Waals surface area contributed by atoms with Crippen molar-refractivity contribution in [2.75, 3.05) is 7.11 Å². The minimum atomic E-state index is -0.157. The number of carbonyl (C=O) groups excluding carboxylic acids is 1. The lowest BCUT2D eigenvalue weighted by molar-refractivity contribution is -0.140. The van der Waals surface area contributed by atoms with Crippen LogP contribution < -0.4 is 0 Å². The summed E-state index contributed by atoms with van der Waals surface area (Å²) in [6.07, 6.45) is 1.26. The Hall–Kier alpha value is -0.180. The SMILES string of the molecule is COC(=O)CCC(C)S. The summed E-state index contributed by atoms with van der Waals surface area (Å²) in [5.41, 5.74) is 0. The molecule has 0 saturated heterocycles. The number of carbonyl (C=O) groups is 1. The average Bonchev–Trinajstić information content (AvgIpc) is 1.83. The van der Waals surface area contributed by atoms with E-state index in [0.29, 0.717) is 6.42 Å². The van der Waals surface area contributed by atoms with E-state index in [1.807, 2.05) is 6.92 Å². The Kier molecular flexibility index (Phi) is 4.58. The lowest BCUT2D eigenvalue weighted by Crippen LogP contribution is -2.02. The molecule has 54 valence electrons. The first-order valence-electron chi connectivity index (χ1n) is 2.91. The van der Waals surface area contributed by atoms with Crippen molar-refractivity contribution in [1.82, 2.24) is 0 Å². The monoisotopic (exact) mass is 148 g/mol. The number of rotatable bonds is 3. The molecule has 3 heteroatoms. The molecule has 0 bridgehead atoms. The molecule has 0 saturated carbocycles. The summed E-state index contributed by atoms with van der Waals surface area (Å²) in [5.74, 6) is -0.157. The van der Waals surface area contributed by atoms with Gasteiger partial charge in [0, 0.05) is 6.42 Å². The smallest absolute Gasteiger partial charge is 0.305 e. The molecule has 0 aromatic heterocycles. The number of ether oxygens (including phenoxy) is 1. The van der Waals surface area contributed by atoms with E-state index in [9.17, 15) is 4.79 Å². The topological polar surface area (TPSA) is 26.3 Å². The first kappa shape index (κ1) is 8.82. The Morgan fingerprint density at radius 2 is 2.33 bits per heavy atom. The largest absolute Gasteiger partial charge is 0.469 e. The van der Waals surface area contributed by atoms with E-state index in [2.05, 4.69) is 17.4 Å². The Labute approximate surface area is 61.0 Å². The Balaban J connectivity index is 3.17. The van der Waals surface area contributed by atoms with Crippen molar-refractivity contribution in [2.45, 2.75) is 25.0 Å². The van der Waals surface area contributed by atoms with Gasteiger partial charge in [0.2, 0.25) is 0 Å². The van der Waals surface area contributed by atoms with Crippen molar-refractivity contribution in [1.29, 1.82) is 0 Å². The number of hydrogen-bond donors (Lipinski definition) is 1. The molecule has 9 heavy (non-hydrogen) atoms. The van der Waals surface area contributed by atoms with Gasteiger partial charge in [-0.3, -0.25) is 4.79 Å². The van der Waals surface area contributed by atoms with E-state index >= 15 is 0 Å². The standard InChI is InChI=1S/C6H12O2S/c1-5(9)3-4-6(7)8-2/h5,9H,3-4H2,1-2H3. The van der Waals surface area contributed by atoms with Crippen molar-refractivity contribution in [3.63, 3.8) is 0 Å². The fourth-order valence-electron chi connectivity index (χ4n) is 0.429. The molecular weight excluding hydrogens is 136 g/mol. The van der Waals surface area contributed by atoms with E-state index in [0.717, 1.165) is 6.42 Å². The van der Waals surface area contributed by atoms with Crippen LogP contribution in [-0.4, -0.2) is 18.3 Å². The third-order valence-electron chi connectivity index (χ3n) is 0.994. The molecule has 0 N–H and O–H groups in total. The summed E-state index contributed by atoms with van der Waals surface area (Å²) in [6.45, 7) is 1.95. The van der Waals surface area contributed by atoms with Gasteiger partial charge in [0.25, 0.3) is 0 Å². The summed E-state index contributed by atoms with van der Waals surface area (Å²) >= 11 is 4.10. The minimum Gasteiger partial charge on any atom is -0.469 e. The molecule has 0 heterocycles. The quantitative estimate of drug-likeness (QED) is 0.481. The van der Waals surface area contributed by atoms with Gasteiger partial charge in [0.05, 0.1) is 7.11 Å². The fraction of sp³-hybridized carbons (Fsp3) is 0.833. The normalized spacial score (nSPS) is 12.8. The van der Waals surface area contributed by atoms with E-state index in [1.54, 1.807) is 0 Å². The third kappa shape index (κ3) is 5.69. The van der Waals surface area contributed by atoms with E-state index < -0.39 is 0 Å². The van der Waals surface area contributed by atoms with Crippen LogP contribution in [0.1, 0.15) is 19.8 Å². The second-order valence-electron chi connectivity index (χ2n) is 1.96. The van der Waals surface area contributed by atoms with Crippen LogP contribution in [0.4, 0.5) is 0 Å². The summed E-state index contributed by atoms with van der Waals surface area (Å²) in [5, 5.41) is 0.282. The summed E-state index contributed by atoms with van der Waals surface area (Å²) in [4.78, 5) is 10.5. The van der Waals surface area contributed by atoms with Crippen molar-refractivity contribution in [2.24, 2.45) is 0 Å². The highest BCUT2D eigenvalue weighted by atomic mass is 32.1. The van der Waals surface area contributed by atoms with Gasteiger partial charge in [0.1, 0.15) is 0 Å². The minimum absolute atomic E-state index is 0.157. The van der Waals surface area contributed by atoms with Gasteiger partial charge in [0.15, 0.2) is 0 Å². The number of hydrogen-bond acceptors (Lipinski definition) is 3. The number of thiol groups is 1. The lowest BCUT2D eigenvalue weighted by atomic mass is 10.2. The number of esters is 1.